The predicted octanol–water partition coefficient (Wildman–Crippen LogP) is 1.91. The van der Waals surface area contributed by atoms with Gasteiger partial charge in [0, 0.05) is 19.2 Å². The number of guanidine groups is 1. The maximum atomic E-state index is 9.96. The van der Waals surface area contributed by atoms with Crippen molar-refractivity contribution in [3.63, 3.8) is 0 Å². The van der Waals surface area contributed by atoms with E-state index in [1.807, 2.05) is 0 Å². The number of hydrogen-bond acceptors (Lipinski definition) is 3. The van der Waals surface area contributed by atoms with Crippen molar-refractivity contribution >= 4 is 5.96 Å². The highest BCUT2D eigenvalue weighted by Crippen LogP contribution is 2.28. The summed E-state index contributed by atoms with van der Waals surface area (Å²) in [5.41, 5.74) is 0. The van der Waals surface area contributed by atoms with Gasteiger partial charge in [0.15, 0.2) is 5.96 Å². The van der Waals surface area contributed by atoms with E-state index in [2.05, 4.69) is 29.5 Å². The molecule has 3 atom stereocenters. The molecule has 0 aromatic rings. The van der Waals surface area contributed by atoms with Crippen molar-refractivity contribution < 1.29 is 9.84 Å². The summed E-state index contributed by atoms with van der Waals surface area (Å²) in [6.07, 6.45) is 7.09. The summed E-state index contributed by atoms with van der Waals surface area (Å²) in [5.74, 6) is 2.35. The van der Waals surface area contributed by atoms with Crippen LogP contribution in [0, 0.1) is 11.8 Å². The number of aliphatic hydroxyl groups is 1. The van der Waals surface area contributed by atoms with Gasteiger partial charge in [0.25, 0.3) is 0 Å². The molecule has 0 aromatic carbocycles. The molecule has 0 aliphatic heterocycles. The lowest BCUT2D eigenvalue weighted by molar-refractivity contribution is 0.0368. The standard InChI is InChI=1S/C17H33N3O2/c1-3-18-17(20-15-6-4-5-13(2)9-15)19-10-16(21)12-22-11-14-7-8-14/h13-16,21H,3-12H2,1-2H3,(H2,18,19,20). The minimum Gasteiger partial charge on any atom is -0.389 e. The molecule has 0 amide bonds. The van der Waals surface area contributed by atoms with Crippen molar-refractivity contribution in [1.29, 1.82) is 0 Å². The highest BCUT2D eigenvalue weighted by Gasteiger charge is 2.22. The number of aliphatic imine (C=N–C) groups is 1. The van der Waals surface area contributed by atoms with E-state index in [0.29, 0.717) is 19.2 Å². The molecule has 0 aromatic heterocycles. The van der Waals surface area contributed by atoms with Crippen LogP contribution in [0.3, 0.4) is 0 Å². The van der Waals surface area contributed by atoms with Gasteiger partial charge in [0.05, 0.1) is 19.3 Å². The van der Waals surface area contributed by atoms with Gasteiger partial charge in [-0.25, -0.2) is 0 Å². The molecule has 0 heterocycles. The minimum absolute atomic E-state index is 0.389. The van der Waals surface area contributed by atoms with Crippen molar-refractivity contribution in [3.05, 3.63) is 0 Å². The van der Waals surface area contributed by atoms with Crippen LogP contribution >= 0.6 is 0 Å². The predicted molar refractivity (Wildman–Crippen MR) is 90.1 cm³/mol. The first-order valence-corrected chi connectivity index (χ1v) is 8.98. The van der Waals surface area contributed by atoms with Gasteiger partial charge >= 0.3 is 0 Å². The zero-order valence-electron chi connectivity index (χ0n) is 14.2. The molecule has 2 fully saturated rings. The zero-order valence-corrected chi connectivity index (χ0v) is 14.2. The first-order valence-electron chi connectivity index (χ1n) is 8.98. The fraction of sp³-hybridized carbons (Fsp3) is 0.941. The molecule has 5 nitrogen and oxygen atoms in total. The third-order valence-electron chi connectivity index (χ3n) is 4.44. The van der Waals surface area contributed by atoms with Gasteiger partial charge in [0.1, 0.15) is 0 Å². The molecule has 2 saturated carbocycles. The van der Waals surface area contributed by atoms with Crippen LogP contribution in [0.4, 0.5) is 0 Å². The molecule has 0 saturated heterocycles. The van der Waals surface area contributed by atoms with Gasteiger partial charge < -0.3 is 20.5 Å². The Balaban J connectivity index is 1.70. The lowest BCUT2D eigenvalue weighted by Gasteiger charge is -2.29. The zero-order chi connectivity index (χ0) is 15.8. The largest absolute Gasteiger partial charge is 0.389 e. The van der Waals surface area contributed by atoms with Crippen molar-refractivity contribution in [2.24, 2.45) is 16.8 Å². The summed E-state index contributed by atoms with van der Waals surface area (Å²) < 4.78 is 5.52. The van der Waals surface area contributed by atoms with E-state index in [-0.39, 0.29) is 0 Å². The first kappa shape index (κ1) is 17.5. The summed E-state index contributed by atoms with van der Waals surface area (Å²) >= 11 is 0. The van der Waals surface area contributed by atoms with E-state index in [1.165, 1.54) is 38.5 Å². The van der Waals surface area contributed by atoms with E-state index in [1.54, 1.807) is 0 Å². The first-order chi connectivity index (χ1) is 10.7. The van der Waals surface area contributed by atoms with Gasteiger partial charge in [-0.05, 0) is 44.4 Å². The van der Waals surface area contributed by atoms with E-state index in [0.717, 1.165) is 30.9 Å². The Labute approximate surface area is 134 Å². The molecule has 2 aliphatic rings. The SMILES string of the molecule is CCNC(=NCC(O)COCC1CC1)NC1CCCC(C)C1. The summed E-state index contributed by atoms with van der Waals surface area (Å²) in [6, 6.07) is 0.504. The molecule has 5 heteroatoms. The molecule has 3 N–H and O–H groups in total. The van der Waals surface area contributed by atoms with Crippen LogP contribution in [-0.2, 0) is 4.74 Å². The number of aliphatic hydroxyl groups excluding tert-OH is 1. The number of hydrogen-bond donors (Lipinski definition) is 3. The third-order valence-corrected chi connectivity index (χ3v) is 4.44. The molecule has 2 rings (SSSR count). The van der Waals surface area contributed by atoms with E-state index < -0.39 is 6.10 Å². The maximum Gasteiger partial charge on any atom is 0.191 e. The van der Waals surface area contributed by atoms with Crippen molar-refractivity contribution in [2.45, 2.75) is 64.5 Å². The van der Waals surface area contributed by atoms with E-state index in [9.17, 15) is 5.11 Å². The molecule has 0 spiro atoms. The van der Waals surface area contributed by atoms with Crippen LogP contribution < -0.4 is 10.6 Å². The van der Waals surface area contributed by atoms with Crippen molar-refractivity contribution in [2.75, 3.05) is 26.3 Å². The Hall–Kier alpha value is -0.810. The van der Waals surface area contributed by atoms with E-state index >= 15 is 0 Å². The van der Waals surface area contributed by atoms with Gasteiger partial charge in [0.2, 0.25) is 0 Å². The monoisotopic (exact) mass is 311 g/mol. The minimum atomic E-state index is -0.514. The second-order valence-corrected chi connectivity index (χ2v) is 6.97. The summed E-state index contributed by atoms with van der Waals surface area (Å²) in [4.78, 5) is 4.51. The van der Waals surface area contributed by atoms with Gasteiger partial charge in [-0.15, -0.1) is 0 Å². The van der Waals surface area contributed by atoms with Crippen LogP contribution in [0.5, 0.6) is 0 Å². The molecule has 0 radical (unpaired) electrons. The Bertz CT molecular complexity index is 345. The lowest BCUT2D eigenvalue weighted by Crippen LogP contribution is -2.45. The maximum absolute atomic E-state index is 9.96. The second-order valence-electron chi connectivity index (χ2n) is 6.97. The fourth-order valence-corrected chi connectivity index (χ4v) is 2.98. The van der Waals surface area contributed by atoms with Gasteiger partial charge in [-0.1, -0.05) is 19.8 Å². The molecule has 3 unspecified atom stereocenters. The van der Waals surface area contributed by atoms with E-state index in [4.69, 9.17) is 4.74 Å². The average Bonchev–Trinajstić information content (AvgIpc) is 3.29. The molecule has 0 bridgehead atoms. The average molecular weight is 311 g/mol. The van der Waals surface area contributed by atoms with Crippen LogP contribution in [0.15, 0.2) is 4.99 Å². The molecular weight excluding hydrogens is 278 g/mol. The Morgan fingerprint density at radius 2 is 2.14 bits per heavy atom. The summed E-state index contributed by atoms with van der Waals surface area (Å²) in [6.45, 7) is 6.79. The summed E-state index contributed by atoms with van der Waals surface area (Å²) in [5, 5.41) is 16.7. The number of nitrogens with zero attached hydrogens (tertiary/aromatic N) is 1. The van der Waals surface area contributed by atoms with Crippen LogP contribution in [-0.4, -0.2) is 49.5 Å². The normalized spacial score (nSPS) is 27.5. The smallest absolute Gasteiger partial charge is 0.191 e. The third kappa shape index (κ3) is 6.97. The molecule has 128 valence electrons. The number of ether oxygens (including phenoxy) is 1. The Morgan fingerprint density at radius 3 is 2.82 bits per heavy atom. The van der Waals surface area contributed by atoms with Crippen LogP contribution in [0.1, 0.15) is 52.4 Å². The number of nitrogens with one attached hydrogen (secondary N) is 2. The van der Waals surface area contributed by atoms with Crippen LogP contribution in [0.25, 0.3) is 0 Å². The quantitative estimate of drug-likeness (QED) is 0.473. The molecular formula is C17H33N3O2. The molecule has 2 aliphatic carbocycles. The lowest BCUT2D eigenvalue weighted by atomic mass is 9.87. The Kier molecular flexibility index (Phi) is 7.46. The molecule has 22 heavy (non-hydrogen) atoms. The van der Waals surface area contributed by atoms with Crippen molar-refractivity contribution in [1.82, 2.24) is 10.6 Å². The summed E-state index contributed by atoms with van der Waals surface area (Å²) in [7, 11) is 0. The van der Waals surface area contributed by atoms with Gasteiger partial charge in [-0.2, -0.15) is 0 Å². The van der Waals surface area contributed by atoms with Gasteiger partial charge in [-0.3, -0.25) is 4.99 Å². The Morgan fingerprint density at radius 1 is 1.32 bits per heavy atom. The van der Waals surface area contributed by atoms with Crippen LogP contribution in [0.2, 0.25) is 0 Å². The highest BCUT2D eigenvalue weighted by molar-refractivity contribution is 5.80. The van der Waals surface area contributed by atoms with Crippen molar-refractivity contribution in [3.8, 4) is 0 Å². The number of rotatable bonds is 8. The highest BCUT2D eigenvalue weighted by atomic mass is 16.5. The fourth-order valence-electron chi connectivity index (χ4n) is 2.98. The second kappa shape index (κ2) is 9.36. The topological polar surface area (TPSA) is 65.9 Å².